The second kappa shape index (κ2) is 4.32. The highest BCUT2D eigenvalue weighted by Crippen LogP contribution is 2.22. The lowest BCUT2D eigenvalue weighted by atomic mass is 10.2. The van der Waals surface area contributed by atoms with Crippen LogP contribution in [0.5, 0.6) is 0 Å². The van der Waals surface area contributed by atoms with Crippen LogP contribution in [0.3, 0.4) is 0 Å². The molecule has 1 aromatic carbocycles. The van der Waals surface area contributed by atoms with Crippen LogP contribution in [-0.4, -0.2) is 4.98 Å². The van der Waals surface area contributed by atoms with Crippen molar-refractivity contribution in [2.45, 2.75) is 0 Å². The van der Waals surface area contributed by atoms with Gasteiger partial charge >= 0.3 is 0 Å². The molecule has 0 aliphatic carbocycles. The third-order valence-electron chi connectivity index (χ3n) is 2.08. The summed E-state index contributed by atoms with van der Waals surface area (Å²) in [6.45, 7) is 0. The summed E-state index contributed by atoms with van der Waals surface area (Å²) in [6.07, 6.45) is 1.36. The van der Waals surface area contributed by atoms with Gasteiger partial charge in [-0.05, 0) is 24.3 Å². The van der Waals surface area contributed by atoms with Crippen LogP contribution in [-0.2, 0) is 0 Å². The zero-order chi connectivity index (χ0) is 12.4. The van der Waals surface area contributed by atoms with Crippen LogP contribution in [0.1, 0.15) is 0 Å². The summed E-state index contributed by atoms with van der Waals surface area (Å²) in [5.41, 5.74) is 5.67. The Labute approximate surface area is 95.1 Å². The number of nitrogens with zero attached hydrogens (tertiary/aromatic N) is 1. The van der Waals surface area contributed by atoms with Crippen molar-refractivity contribution in [1.29, 1.82) is 0 Å². The van der Waals surface area contributed by atoms with E-state index in [4.69, 9.17) is 5.73 Å². The van der Waals surface area contributed by atoms with E-state index in [0.717, 1.165) is 12.1 Å². The summed E-state index contributed by atoms with van der Waals surface area (Å²) in [7, 11) is 0. The number of hydrogen-bond donors (Lipinski definition) is 2. The molecule has 0 fully saturated rings. The number of aromatic nitrogens is 1. The summed E-state index contributed by atoms with van der Waals surface area (Å²) in [5.74, 6) is -3.77. The Balaban J connectivity index is 2.30. The van der Waals surface area contributed by atoms with Crippen molar-refractivity contribution in [2.24, 2.45) is 0 Å². The van der Waals surface area contributed by atoms with Crippen molar-refractivity contribution in [3.8, 4) is 0 Å². The molecule has 0 unspecified atom stereocenters. The third kappa shape index (κ3) is 2.30. The van der Waals surface area contributed by atoms with Crippen molar-refractivity contribution in [3.05, 3.63) is 47.9 Å². The molecule has 17 heavy (non-hydrogen) atoms. The molecule has 0 spiro atoms. The summed E-state index contributed by atoms with van der Waals surface area (Å²) >= 11 is 0. The molecule has 6 heteroatoms. The van der Waals surface area contributed by atoms with Gasteiger partial charge in [-0.15, -0.1) is 0 Å². The van der Waals surface area contributed by atoms with Crippen LogP contribution in [0, 0.1) is 17.5 Å². The minimum absolute atomic E-state index is 0.193. The lowest BCUT2D eigenvalue weighted by Crippen LogP contribution is -2.00. The monoisotopic (exact) mass is 239 g/mol. The number of halogens is 3. The number of benzene rings is 1. The first kappa shape index (κ1) is 11.3. The molecule has 2 aromatic rings. The Morgan fingerprint density at radius 2 is 1.76 bits per heavy atom. The van der Waals surface area contributed by atoms with Gasteiger partial charge in [-0.3, -0.25) is 0 Å². The minimum atomic E-state index is -1.52. The van der Waals surface area contributed by atoms with Gasteiger partial charge in [-0.25, -0.2) is 18.2 Å². The second-order valence-corrected chi connectivity index (χ2v) is 3.32. The highest BCUT2D eigenvalue weighted by atomic mass is 19.2. The Morgan fingerprint density at radius 3 is 2.41 bits per heavy atom. The van der Waals surface area contributed by atoms with Gasteiger partial charge in [0.2, 0.25) is 0 Å². The predicted molar refractivity (Wildman–Crippen MR) is 58.2 cm³/mol. The number of pyridine rings is 1. The van der Waals surface area contributed by atoms with Crippen molar-refractivity contribution >= 4 is 17.2 Å². The molecular formula is C11H8F3N3. The highest BCUT2D eigenvalue weighted by Gasteiger charge is 2.13. The summed E-state index contributed by atoms with van der Waals surface area (Å²) in [5, 5.41) is 2.52. The largest absolute Gasteiger partial charge is 0.397 e. The van der Waals surface area contributed by atoms with E-state index in [0.29, 0.717) is 5.69 Å². The normalized spacial score (nSPS) is 10.3. The van der Waals surface area contributed by atoms with Gasteiger partial charge in [0.25, 0.3) is 0 Å². The van der Waals surface area contributed by atoms with Crippen LogP contribution in [0.25, 0.3) is 0 Å². The fourth-order valence-electron chi connectivity index (χ4n) is 1.24. The molecule has 0 aliphatic rings. The van der Waals surface area contributed by atoms with Gasteiger partial charge in [-0.2, -0.15) is 0 Å². The zero-order valence-corrected chi connectivity index (χ0v) is 8.55. The highest BCUT2D eigenvalue weighted by molar-refractivity contribution is 5.58. The van der Waals surface area contributed by atoms with E-state index in [9.17, 15) is 13.2 Å². The molecule has 0 saturated heterocycles. The van der Waals surface area contributed by atoms with E-state index in [1.54, 1.807) is 6.07 Å². The zero-order valence-electron chi connectivity index (χ0n) is 8.55. The van der Waals surface area contributed by atoms with E-state index in [1.165, 1.54) is 12.3 Å². The SMILES string of the molecule is Nc1ccc(Nc2ccc(F)c(F)c2F)nc1. The maximum atomic E-state index is 13.3. The van der Waals surface area contributed by atoms with Gasteiger partial charge in [-0.1, -0.05) is 0 Å². The van der Waals surface area contributed by atoms with Crippen LogP contribution >= 0.6 is 0 Å². The van der Waals surface area contributed by atoms with Crippen LogP contribution in [0.4, 0.5) is 30.4 Å². The molecule has 0 aliphatic heterocycles. The molecule has 3 N–H and O–H groups in total. The maximum absolute atomic E-state index is 13.3. The molecule has 0 atom stereocenters. The Hall–Kier alpha value is -2.24. The first-order valence-corrected chi connectivity index (χ1v) is 4.70. The molecule has 1 aromatic heterocycles. The van der Waals surface area contributed by atoms with Crippen molar-refractivity contribution in [3.63, 3.8) is 0 Å². The molecule has 88 valence electrons. The van der Waals surface area contributed by atoms with E-state index in [-0.39, 0.29) is 11.5 Å². The van der Waals surface area contributed by atoms with Crippen LogP contribution in [0.2, 0.25) is 0 Å². The topological polar surface area (TPSA) is 50.9 Å². The summed E-state index contributed by atoms with van der Waals surface area (Å²) in [4.78, 5) is 3.85. The molecule has 1 heterocycles. The molecule has 0 amide bonds. The first-order chi connectivity index (χ1) is 8.08. The quantitative estimate of drug-likeness (QED) is 0.792. The van der Waals surface area contributed by atoms with Crippen LogP contribution < -0.4 is 11.1 Å². The molecule has 3 nitrogen and oxygen atoms in total. The van der Waals surface area contributed by atoms with E-state index in [2.05, 4.69) is 10.3 Å². The Morgan fingerprint density at radius 1 is 1.00 bits per heavy atom. The molecule has 0 bridgehead atoms. The number of nitrogen functional groups attached to an aromatic ring is 1. The minimum Gasteiger partial charge on any atom is -0.397 e. The molecular weight excluding hydrogens is 231 g/mol. The van der Waals surface area contributed by atoms with Gasteiger partial charge in [0.05, 0.1) is 17.6 Å². The maximum Gasteiger partial charge on any atom is 0.196 e. The molecule has 0 saturated carbocycles. The van der Waals surface area contributed by atoms with Gasteiger partial charge in [0, 0.05) is 0 Å². The molecule has 0 radical (unpaired) electrons. The van der Waals surface area contributed by atoms with E-state index in [1.807, 2.05) is 0 Å². The van der Waals surface area contributed by atoms with E-state index >= 15 is 0 Å². The second-order valence-electron chi connectivity index (χ2n) is 3.32. The summed E-state index contributed by atoms with van der Waals surface area (Å²) < 4.78 is 38.9. The Bertz CT molecular complexity index is 540. The van der Waals surface area contributed by atoms with Crippen LogP contribution in [0.15, 0.2) is 30.5 Å². The number of hydrogen-bond acceptors (Lipinski definition) is 3. The lowest BCUT2D eigenvalue weighted by molar-refractivity contribution is 0.449. The van der Waals surface area contributed by atoms with Crippen molar-refractivity contribution < 1.29 is 13.2 Å². The molecule has 2 rings (SSSR count). The third-order valence-corrected chi connectivity index (χ3v) is 2.08. The average molecular weight is 239 g/mol. The lowest BCUT2D eigenvalue weighted by Gasteiger charge is -2.07. The van der Waals surface area contributed by atoms with Crippen molar-refractivity contribution in [1.82, 2.24) is 4.98 Å². The first-order valence-electron chi connectivity index (χ1n) is 4.70. The number of rotatable bonds is 2. The predicted octanol–water partition coefficient (Wildman–Crippen LogP) is 2.82. The summed E-state index contributed by atoms with van der Waals surface area (Å²) in [6, 6.07) is 4.97. The van der Waals surface area contributed by atoms with Gasteiger partial charge in [0.15, 0.2) is 17.5 Å². The fourth-order valence-corrected chi connectivity index (χ4v) is 1.24. The number of anilines is 3. The average Bonchev–Trinajstić information content (AvgIpc) is 2.33. The Kier molecular flexibility index (Phi) is 2.86. The fraction of sp³-hybridized carbons (Fsp3) is 0. The standard InChI is InChI=1S/C11H8F3N3/c12-7-2-3-8(11(14)10(7)13)17-9-4-1-6(15)5-16-9/h1-5H,15H2,(H,16,17). The van der Waals surface area contributed by atoms with E-state index < -0.39 is 17.5 Å². The van der Waals surface area contributed by atoms with Gasteiger partial charge in [0.1, 0.15) is 5.82 Å². The smallest absolute Gasteiger partial charge is 0.196 e. The van der Waals surface area contributed by atoms with Gasteiger partial charge < -0.3 is 11.1 Å². The number of nitrogens with two attached hydrogens (primary N) is 1. The van der Waals surface area contributed by atoms with Crippen molar-refractivity contribution in [2.75, 3.05) is 11.1 Å². The number of nitrogens with one attached hydrogen (secondary N) is 1.